The van der Waals surface area contributed by atoms with E-state index >= 15 is 0 Å². The fourth-order valence-corrected chi connectivity index (χ4v) is 3.17. The number of aliphatic hydroxyl groups excluding tert-OH is 1. The van der Waals surface area contributed by atoms with Gasteiger partial charge in [-0.15, -0.1) is 0 Å². The molecule has 8 nitrogen and oxygen atoms in total. The molecule has 0 unspecified atom stereocenters. The Morgan fingerprint density at radius 3 is 2.70 bits per heavy atom. The van der Waals surface area contributed by atoms with Gasteiger partial charge in [0.1, 0.15) is 11.9 Å². The lowest BCUT2D eigenvalue weighted by Crippen LogP contribution is -2.35. The molecule has 1 aliphatic rings. The zero-order chi connectivity index (χ0) is 19.4. The Labute approximate surface area is 156 Å². The average Bonchev–Trinajstić information content (AvgIpc) is 2.99. The number of benzene rings is 1. The number of rotatable bonds is 6. The number of aromatic nitrogens is 2. The van der Waals surface area contributed by atoms with Gasteiger partial charge in [0.2, 0.25) is 0 Å². The third kappa shape index (κ3) is 4.08. The molecule has 0 radical (unpaired) electrons. The SMILES string of the molecule is CCO[C@@H]1[C@H](C)[C@@H](CO)O[C@H]1n1ccc(NC(=O)c2ccccc2)nc1=O. The molecule has 4 atom stereocenters. The lowest BCUT2D eigenvalue weighted by Gasteiger charge is -2.22. The van der Waals surface area contributed by atoms with Crippen molar-refractivity contribution in [3.05, 3.63) is 58.6 Å². The first-order chi connectivity index (χ1) is 13.0. The molecule has 2 heterocycles. The number of carbonyl (C=O) groups is 1. The van der Waals surface area contributed by atoms with Crippen LogP contribution >= 0.6 is 0 Å². The monoisotopic (exact) mass is 373 g/mol. The number of amides is 1. The van der Waals surface area contributed by atoms with Crippen LogP contribution in [-0.4, -0.2) is 46.0 Å². The third-order valence-electron chi connectivity index (χ3n) is 4.62. The number of aliphatic hydroxyl groups is 1. The summed E-state index contributed by atoms with van der Waals surface area (Å²) in [5, 5.41) is 12.1. The highest BCUT2D eigenvalue weighted by atomic mass is 16.6. The molecular formula is C19H23N3O5. The van der Waals surface area contributed by atoms with E-state index in [4.69, 9.17) is 9.47 Å². The maximum atomic E-state index is 12.5. The van der Waals surface area contributed by atoms with E-state index < -0.39 is 18.0 Å². The van der Waals surface area contributed by atoms with E-state index in [1.807, 2.05) is 19.9 Å². The van der Waals surface area contributed by atoms with Crippen LogP contribution in [0.1, 0.15) is 30.4 Å². The highest BCUT2D eigenvalue weighted by molar-refractivity contribution is 6.03. The largest absolute Gasteiger partial charge is 0.394 e. The van der Waals surface area contributed by atoms with Gasteiger partial charge in [0.15, 0.2) is 6.23 Å². The number of nitrogens with zero attached hydrogens (tertiary/aromatic N) is 2. The van der Waals surface area contributed by atoms with Crippen molar-refractivity contribution in [1.82, 2.24) is 9.55 Å². The van der Waals surface area contributed by atoms with Gasteiger partial charge in [-0.05, 0) is 25.1 Å². The molecule has 1 fully saturated rings. The quantitative estimate of drug-likeness (QED) is 0.794. The molecule has 1 aromatic heterocycles. The minimum atomic E-state index is -0.684. The molecule has 0 bridgehead atoms. The van der Waals surface area contributed by atoms with Gasteiger partial charge in [-0.1, -0.05) is 25.1 Å². The average molecular weight is 373 g/mol. The molecule has 1 aliphatic heterocycles. The third-order valence-corrected chi connectivity index (χ3v) is 4.62. The molecule has 144 valence electrons. The molecule has 1 amide bonds. The predicted molar refractivity (Wildman–Crippen MR) is 98.5 cm³/mol. The zero-order valence-electron chi connectivity index (χ0n) is 15.2. The van der Waals surface area contributed by atoms with E-state index in [1.165, 1.54) is 16.8 Å². The van der Waals surface area contributed by atoms with E-state index in [-0.39, 0.29) is 30.4 Å². The number of carbonyl (C=O) groups excluding carboxylic acids is 1. The Hall–Kier alpha value is -2.55. The molecule has 0 saturated carbocycles. The molecule has 1 saturated heterocycles. The molecule has 8 heteroatoms. The van der Waals surface area contributed by atoms with Crippen molar-refractivity contribution >= 4 is 11.7 Å². The van der Waals surface area contributed by atoms with Crippen molar-refractivity contribution < 1.29 is 19.4 Å². The fourth-order valence-electron chi connectivity index (χ4n) is 3.17. The first-order valence-corrected chi connectivity index (χ1v) is 8.88. The minimum absolute atomic E-state index is 0.0793. The van der Waals surface area contributed by atoms with E-state index in [1.54, 1.807) is 24.3 Å². The van der Waals surface area contributed by atoms with Gasteiger partial charge in [0, 0.05) is 24.3 Å². The van der Waals surface area contributed by atoms with Crippen molar-refractivity contribution in [3.8, 4) is 0 Å². The van der Waals surface area contributed by atoms with E-state index in [0.29, 0.717) is 12.2 Å². The maximum Gasteiger partial charge on any atom is 0.351 e. The highest BCUT2D eigenvalue weighted by Gasteiger charge is 2.43. The summed E-state index contributed by atoms with van der Waals surface area (Å²) in [5.74, 6) is -0.273. The van der Waals surface area contributed by atoms with Crippen molar-refractivity contribution in [3.63, 3.8) is 0 Å². The summed E-state index contributed by atoms with van der Waals surface area (Å²) >= 11 is 0. The summed E-state index contributed by atoms with van der Waals surface area (Å²) < 4.78 is 12.9. The Morgan fingerprint density at radius 2 is 2.07 bits per heavy atom. The van der Waals surface area contributed by atoms with Crippen LogP contribution in [0.15, 0.2) is 47.4 Å². The predicted octanol–water partition coefficient (Wildman–Crippen LogP) is 1.43. The molecule has 0 aliphatic carbocycles. The Kier molecular flexibility index (Phi) is 6.00. The van der Waals surface area contributed by atoms with Crippen LogP contribution in [0.5, 0.6) is 0 Å². The Bertz CT molecular complexity index is 839. The summed E-state index contributed by atoms with van der Waals surface area (Å²) in [6.07, 6.45) is 0.0299. The number of nitrogens with one attached hydrogen (secondary N) is 1. The van der Waals surface area contributed by atoms with E-state index in [2.05, 4.69) is 10.3 Å². The molecule has 1 aromatic carbocycles. The molecule has 3 rings (SSSR count). The number of ether oxygens (including phenoxy) is 2. The van der Waals surface area contributed by atoms with Crippen LogP contribution in [0.25, 0.3) is 0 Å². The van der Waals surface area contributed by atoms with Crippen LogP contribution in [-0.2, 0) is 9.47 Å². The first kappa shape index (κ1) is 19.2. The summed E-state index contributed by atoms with van der Waals surface area (Å²) in [7, 11) is 0. The molecule has 0 spiro atoms. The van der Waals surface area contributed by atoms with Gasteiger partial charge in [0.05, 0.1) is 12.7 Å². The van der Waals surface area contributed by atoms with Crippen LogP contribution in [0.2, 0.25) is 0 Å². The zero-order valence-corrected chi connectivity index (χ0v) is 15.2. The standard InChI is InChI=1S/C19H23N3O5/c1-3-26-16-12(2)14(11-23)27-18(16)22-10-9-15(21-19(22)25)20-17(24)13-7-5-4-6-8-13/h4-10,12,14,16,18,23H,3,11H2,1-2H3,(H,20,21,24,25)/t12-,14-,16-,18-/m1/s1. The molecule has 2 aromatic rings. The number of anilines is 1. The van der Waals surface area contributed by atoms with Gasteiger partial charge in [-0.3, -0.25) is 9.36 Å². The van der Waals surface area contributed by atoms with Crippen LogP contribution in [0, 0.1) is 5.92 Å². The summed E-state index contributed by atoms with van der Waals surface area (Å²) in [6, 6.07) is 10.2. The Morgan fingerprint density at radius 1 is 1.33 bits per heavy atom. The minimum Gasteiger partial charge on any atom is -0.394 e. The maximum absolute atomic E-state index is 12.5. The lowest BCUT2D eigenvalue weighted by molar-refractivity contribution is -0.0707. The summed E-state index contributed by atoms with van der Waals surface area (Å²) in [6.45, 7) is 4.07. The van der Waals surface area contributed by atoms with Gasteiger partial charge in [-0.25, -0.2) is 4.79 Å². The van der Waals surface area contributed by atoms with Gasteiger partial charge < -0.3 is 19.9 Å². The normalized spacial score (nSPS) is 24.7. The molecule has 27 heavy (non-hydrogen) atoms. The lowest BCUT2D eigenvalue weighted by atomic mass is 10.0. The summed E-state index contributed by atoms with van der Waals surface area (Å²) in [5.41, 5.74) is -0.0972. The molecular weight excluding hydrogens is 350 g/mol. The second kappa shape index (κ2) is 8.43. The van der Waals surface area contributed by atoms with Crippen LogP contribution < -0.4 is 11.0 Å². The Balaban J connectivity index is 1.80. The fraction of sp³-hybridized carbons (Fsp3) is 0.421. The van der Waals surface area contributed by atoms with E-state index in [0.717, 1.165) is 0 Å². The second-order valence-corrected chi connectivity index (χ2v) is 6.35. The number of hydrogen-bond donors (Lipinski definition) is 2. The smallest absolute Gasteiger partial charge is 0.351 e. The van der Waals surface area contributed by atoms with Gasteiger partial charge in [-0.2, -0.15) is 4.98 Å². The summed E-state index contributed by atoms with van der Waals surface area (Å²) in [4.78, 5) is 28.6. The van der Waals surface area contributed by atoms with Gasteiger partial charge >= 0.3 is 5.69 Å². The van der Waals surface area contributed by atoms with Gasteiger partial charge in [0.25, 0.3) is 5.91 Å². The van der Waals surface area contributed by atoms with Crippen molar-refractivity contribution in [2.24, 2.45) is 5.92 Å². The van der Waals surface area contributed by atoms with Crippen molar-refractivity contribution in [2.75, 3.05) is 18.5 Å². The topological polar surface area (TPSA) is 103 Å². The first-order valence-electron chi connectivity index (χ1n) is 8.88. The highest BCUT2D eigenvalue weighted by Crippen LogP contribution is 2.35. The molecule has 2 N–H and O–H groups in total. The van der Waals surface area contributed by atoms with Crippen LogP contribution in [0.4, 0.5) is 5.82 Å². The van der Waals surface area contributed by atoms with Crippen LogP contribution in [0.3, 0.4) is 0 Å². The number of hydrogen-bond acceptors (Lipinski definition) is 6. The van der Waals surface area contributed by atoms with E-state index in [9.17, 15) is 14.7 Å². The second-order valence-electron chi connectivity index (χ2n) is 6.35. The van der Waals surface area contributed by atoms with Crippen molar-refractivity contribution in [2.45, 2.75) is 32.3 Å². The van der Waals surface area contributed by atoms with Crippen molar-refractivity contribution in [1.29, 1.82) is 0 Å².